The Morgan fingerprint density at radius 1 is 1.06 bits per heavy atom. The highest BCUT2D eigenvalue weighted by Gasteiger charge is 2.25. The molecule has 1 fully saturated rings. The molecule has 1 aliphatic heterocycles. The molecule has 0 saturated carbocycles. The minimum absolute atomic E-state index is 0.0554. The lowest BCUT2D eigenvalue weighted by Gasteiger charge is -2.32. The molecule has 7 nitrogen and oxygen atoms in total. The zero-order valence-corrected chi connectivity index (χ0v) is 17.8. The number of aromatic nitrogens is 2. The molecule has 3 aromatic rings. The van der Waals surface area contributed by atoms with E-state index in [1.165, 1.54) is 5.56 Å². The van der Waals surface area contributed by atoms with Crippen LogP contribution in [0.5, 0.6) is 0 Å². The van der Waals surface area contributed by atoms with Crippen LogP contribution in [0.2, 0.25) is 0 Å². The minimum atomic E-state index is -0.392. The Morgan fingerprint density at radius 2 is 1.71 bits per heavy atom. The van der Waals surface area contributed by atoms with Crippen LogP contribution in [-0.4, -0.2) is 38.6 Å². The number of carbonyl (C=O) groups excluding carboxylic acids is 1. The number of nitrogens with zero attached hydrogens (tertiary/aromatic N) is 4. The van der Waals surface area contributed by atoms with Crippen molar-refractivity contribution in [1.29, 1.82) is 0 Å². The van der Waals surface area contributed by atoms with Crippen LogP contribution in [0.4, 0.5) is 5.69 Å². The molecule has 0 spiro atoms. The molecule has 4 rings (SSSR count). The molecular formula is C24H26N4O3. The first kappa shape index (κ1) is 20.8. The second-order valence-corrected chi connectivity index (χ2v) is 8.11. The molecule has 1 aliphatic rings. The summed E-state index contributed by atoms with van der Waals surface area (Å²) in [4.78, 5) is 25.6. The minimum Gasteiger partial charge on any atom is -0.339 e. The molecule has 0 radical (unpaired) electrons. The standard InChI is InChI=1S/C24H26N4O3/c1-17-23(28(30)31)18(2)27(25-17)16-19-8-10-22(11-9-19)24(29)26-14-12-21(13-15-26)20-6-4-3-5-7-20/h3-11,21H,12-16H2,1-2H3. The third-order valence-electron chi connectivity index (χ3n) is 6.11. The topological polar surface area (TPSA) is 81.3 Å². The van der Waals surface area contributed by atoms with Crippen molar-refractivity contribution in [1.82, 2.24) is 14.7 Å². The van der Waals surface area contributed by atoms with E-state index in [2.05, 4.69) is 29.4 Å². The molecule has 1 aromatic heterocycles. The van der Waals surface area contributed by atoms with Gasteiger partial charge in [-0.3, -0.25) is 19.6 Å². The second-order valence-electron chi connectivity index (χ2n) is 8.11. The smallest absolute Gasteiger partial charge is 0.312 e. The molecule has 0 aliphatic carbocycles. The van der Waals surface area contributed by atoms with Gasteiger partial charge in [0, 0.05) is 18.7 Å². The van der Waals surface area contributed by atoms with Crippen LogP contribution in [0.15, 0.2) is 54.6 Å². The van der Waals surface area contributed by atoms with E-state index in [4.69, 9.17) is 0 Å². The van der Waals surface area contributed by atoms with Gasteiger partial charge in [-0.25, -0.2) is 0 Å². The van der Waals surface area contributed by atoms with E-state index in [1.54, 1.807) is 18.5 Å². The summed E-state index contributed by atoms with van der Waals surface area (Å²) in [6, 6.07) is 18.0. The van der Waals surface area contributed by atoms with Gasteiger partial charge in [0.05, 0.1) is 11.5 Å². The zero-order chi connectivity index (χ0) is 22.0. The quantitative estimate of drug-likeness (QED) is 0.452. The molecule has 2 heterocycles. The molecule has 0 N–H and O–H groups in total. The van der Waals surface area contributed by atoms with Crippen molar-refractivity contribution in [2.45, 2.75) is 39.2 Å². The fraction of sp³-hybridized carbons (Fsp3) is 0.333. The summed E-state index contributed by atoms with van der Waals surface area (Å²) in [5, 5.41) is 15.5. The highest BCUT2D eigenvalue weighted by molar-refractivity contribution is 5.94. The van der Waals surface area contributed by atoms with Gasteiger partial charge in [-0.15, -0.1) is 0 Å². The zero-order valence-electron chi connectivity index (χ0n) is 17.8. The van der Waals surface area contributed by atoms with Gasteiger partial charge in [-0.1, -0.05) is 42.5 Å². The van der Waals surface area contributed by atoms with Crippen LogP contribution >= 0.6 is 0 Å². The van der Waals surface area contributed by atoms with Crippen molar-refractivity contribution in [3.05, 3.63) is 92.8 Å². The summed E-state index contributed by atoms with van der Waals surface area (Å²) in [5.74, 6) is 0.567. The van der Waals surface area contributed by atoms with Crippen molar-refractivity contribution in [2.24, 2.45) is 0 Å². The molecular weight excluding hydrogens is 392 g/mol. The van der Waals surface area contributed by atoms with Gasteiger partial charge in [0.2, 0.25) is 0 Å². The molecule has 1 amide bonds. The highest BCUT2D eigenvalue weighted by atomic mass is 16.6. The maximum absolute atomic E-state index is 12.9. The SMILES string of the molecule is Cc1nn(Cc2ccc(C(=O)N3CCC(c4ccccc4)CC3)cc2)c(C)c1[N+](=O)[O-]. The lowest BCUT2D eigenvalue weighted by molar-refractivity contribution is -0.386. The maximum Gasteiger partial charge on any atom is 0.312 e. The summed E-state index contributed by atoms with van der Waals surface area (Å²) < 4.78 is 1.64. The number of amides is 1. The first-order valence-electron chi connectivity index (χ1n) is 10.6. The Balaban J connectivity index is 1.39. The predicted molar refractivity (Wildman–Crippen MR) is 118 cm³/mol. The van der Waals surface area contributed by atoms with Crippen LogP contribution in [0, 0.1) is 24.0 Å². The fourth-order valence-electron chi connectivity index (χ4n) is 4.35. The lowest BCUT2D eigenvalue weighted by atomic mass is 9.89. The Kier molecular flexibility index (Phi) is 5.84. The van der Waals surface area contributed by atoms with Crippen molar-refractivity contribution in [3.8, 4) is 0 Å². The third kappa shape index (κ3) is 4.35. The predicted octanol–water partition coefficient (Wildman–Crippen LogP) is 4.48. The Hall–Kier alpha value is -3.48. The summed E-state index contributed by atoms with van der Waals surface area (Å²) >= 11 is 0. The lowest BCUT2D eigenvalue weighted by Crippen LogP contribution is -2.37. The van der Waals surface area contributed by atoms with E-state index < -0.39 is 4.92 Å². The molecule has 7 heteroatoms. The number of benzene rings is 2. The molecule has 160 valence electrons. The van der Waals surface area contributed by atoms with E-state index in [0.717, 1.165) is 31.5 Å². The van der Waals surface area contributed by atoms with E-state index in [-0.39, 0.29) is 11.6 Å². The summed E-state index contributed by atoms with van der Waals surface area (Å²) in [7, 11) is 0. The number of aryl methyl sites for hydroxylation is 1. The van der Waals surface area contributed by atoms with E-state index in [0.29, 0.717) is 29.4 Å². The van der Waals surface area contributed by atoms with Crippen LogP contribution in [0.25, 0.3) is 0 Å². The van der Waals surface area contributed by atoms with E-state index >= 15 is 0 Å². The Morgan fingerprint density at radius 3 is 2.29 bits per heavy atom. The van der Waals surface area contributed by atoms with Crippen molar-refractivity contribution >= 4 is 11.6 Å². The molecule has 0 atom stereocenters. The van der Waals surface area contributed by atoms with Gasteiger partial charge in [-0.2, -0.15) is 5.10 Å². The summed E-state index contributed by atoms with van der Waals surface area (Å²) in [6.07, 6.45) is 1.95. The first-order chi connectivity index (χ1) is 14.9. The first-order valence-corrected chi connectivity index (χ1v) is 10.6. The monoisotopic (exact) mass is 418 g/mol. The normalized spacial score (nSPS) is 14.6. The maximum atomic E-state index is 12.9. The summed E-state index contributed by atoms with van der Waals surface area (Å²) in [5.41, 5.74) is 3.97. The van der Waals surface area contributed by atoms with E-state index in [9.17, 15) is 14.9 Å². The van der Waals surface area contributed by atoms with E-state index in [1.807, 2.05) is 35.2 Å². The average molecular weight is 418 g/mol. The fourth-order valence-corrected chi connectivity index (χ4v) is 4.35. The highest BCUT2D eigenvalue weighted by Crippen LogP contribution is 2.28. The van der Waals surface area contributed by atoms with Crippen molar-refractivity contribution < 1.29 is 9.72 Å². The number of hydrogen-bond donors (Lipinski definition) is 0. The average Bonchev–Trinajstić information content (AvgIpc) is 3.07. The van der Waals surface area contributed by atoms with Gasteiger partial charge in [0.25, 0.3) is 5.91 Å². The number of likely N-dealkylation sites (tertiary alicyclic amines) is 1. The number of piperidine rings is 1. The van der Waals surface area contributed by atoms with Gasteiger partial charge in [-0.05, 0) is 55.9 Å². The number of nitro groups is 1. The number of rotatable bonds is 5. The van der Waals surface area contributed by atoms with Crippen LogP contribution in [0.1, 0.15) is 51.6 Å². The molecule has 2 aromatic carbocycles. The third-order valence-corrected chi connectivity index (χ3v) is 6.11. The van der Waals surface area contributed by atoms with Crippen LogP contribution < -0.4 is 0 Å². The van der Waals surface area contributed by atoms with Crippen molar-refractivity contribution in [3.63, 3.8) is 0 Å². The van der Waals surface area contributed by atoms with Crippen LogP contribution in [-0.2, 0) is 6.54 Å². The van der Waals surface area contributed by atoms with Gasteiger partial charge in [0.15, 0.2) is 0 Å². The molecule has 1 saturated heterocycles. The van der Waals surface area contributed by atoms with Gasteiger partial charge < -0.3 is 4.90 Å². The summed E-state index contributed by atoms with van der Waals surface area (Å²) in [6.45, 7) is 5.29. The molecule has 31 heavy (non-hydrogen) atoms. The van der Waals surface area contributed by atoms with Gasteiger partial charge >= 0.3 is 5.69 Å². The molecule has 0 bridgehead atoms. The number of carbonyl (C=O) groups is 1. The molecule has 0 unspecified atom stereocenters. The Labute approximate surface area is 181 Å². The largest absolute Gasteiger partial charge is 0.339 e. The Bertz CT molecular complexity index is 1080. The van der Waals surface area contributed by atoms with Gasteiger partial charge in [0.1, 0.15) is 11.4 Å². The second kappa shape index (κ2) is 8.71. The van der Waals surface area contributed by atoms with Crippen molar-refractivity contribution in [2.75, 3.05) is 13.1 Å². The van der Waals surface area contributed by atoms with Crippen LogP contribution in [0.3, 0.4) is 0 Å². The number of hydrogen-bond acceptors (Lipinski definition) is 4.